The Balaban J connectivity index is 1.74. The van der Waals surface area contributed by atoms with Crippen molar-refractivity contribution in [3.8, 4) is 28.0 Å². The largest absolute Gasteiger partial charge is 0.497 e. The van der Waals surface area contributed by atoms with Crippen LogP contribution in [0.1, 0.15) is 11.1 Å². The second-order valence-electron chi connectivity index (χ2n) is 8.52. The number of methoxy groups -OCH3 is 1. The van der Waals surface area contributed by atoms with Gasteiger partial charge in [0.15, 0.2) is 0 Å². The van der Waals surface area contributed by atoms with E-state index >= 15 is 0 Å². The Labute approximate surface area is 204 Å². The summed E-state index contributed by atoms with van der Waals surface area (Å²) in [6, 6.07) is 35.3. The molecule has 0 aliphatic carbocycles. The van der Waals surface area contributed by atoms with Crippen molar-refractivity contribution in [1.82, 2.24) is 0 Å². The van der Waals surface area contributed by atoms with Gasteiger partial charge in [0.25, 0.3) is 0 Å². The lowest BCUT2D eigenvalue weighted by molar-refractivity contribution is 0.415. The lowest BCUT2D eigenvalue weighted by atomic mass is 9.87. The van der Waals surface area contributed by atoms with Gasteiger partial charge >= 0.3 is 0 Å². The lowest BCUT2D eigenvalue weighted by Crippen LogP contribution is -2.21. The molecule has 4 heteroatoms. The summed E-state index contributed by atoms with van der Waals surface area (Å²) in [5.74, 6) is 0.728. The van der Waals surface area contributed by atoms with E-state index in [0.29, 0.717) is 9.80 Å². The van der Waals surface area contributed by atoms with Crippen molar-refractivity contribution in [2.75, 3.05) is 7.11 Å². The Kier molecular flexibility index (Phi) is 5.05. The highest BCUT2D eigenvalue weighted by molar-refractivity contribution is 8.03. The van der Waals surface area contributed by atoms with Crippen molar-refractivity contribution >= 4 is 31.6 Å². The van der Waals surface area contributed by atoms with Crippen LogP contribution in [0.15, 0.2) is 114 Å². The van der Waals surface area contributed by atoms with Crippen LogP contribution in [-0.2, 0) is 9.84 Å². The summed E-state index contributed by atoms with van der Waals surface area (Å²) >= 11 is 0. The molecule has 0 atom stereocenters. The van der Waals surface area contributed by atoms with E-state index in [1.54, 1.807) is 13.2 Å². The molecule has 1 aliphatic heterocycles. The predicted molar refractivity (Wildman–Crippen MR) is 143 cm³/mol. The maximum absolute atomic E-state index is 13.9. The van der Waals surface area contributed by atoms with E-state index in [4.69, 9.17) is 4.74 Å². The first kappa shape index (κ1) is 21.4. The number of hydrogen-bond acceptors (Lipinski definition) is 3. The van der Waals surface area contributed by atoms with Gasteiger partial charge in [-0.25, -0.2) is 8.42 Å². The zero-order chi connectivity index (χ0) is 24.0. The molecule has 0 radical (unpaired) electrons. The lowest BCUT2D eigenvalue weighted by Gasteiger charge is -2.31. The van der Waals surface area contributed by atoms with Crippen LogP contribution in [0.2, 0.25) is 0 Å². The molecule has 0 bridgehead atoms. The minimum absolute atomic E-state index is 0.347. The van der Waals surface area contributed by atoms with Gasteiger partial charge in [0.1, 0.15) is 5.75 Å². The Morgan fingerprint density at radius 2 is 1.11 bits per heavy atom. The second-order valence-corrected chi connectivity index (χ2v) is 10.4. The van der Waals surface area contributed by atoms with Crippen LogP contribution < -0.4 is 4.74 Å². The third kappa shape index (κ3) is 3.37. The zero-order valence-corrected chi connectivity index (χ0v) is 19.9. The van der Waals surface area contributed by atoms with Crippen molar-refractivity contribution in [1.29, 1.82) is 0 Å². The van der Waals surface area contributed by atoms with Gasteiger partial charge in [-0.05, 0) is 51.2 Å². The van der Waals surface area contributed by atoms with E-state index < -0.39 is 9.84 Å². The smallest absolute Gasteiger partial charge is 0.208 e. The number of sulfone groups is 1. The van der Waals surface area contributed by atoms with E-state index in [0.717, 1.165) is 49.9 Å². The topological polar surface area (TPSA) is 43.4 Å². The van der Waals surface area contributed by atoms with E-state index in [2.05, 4.69) is 6.07 Å². The number of ether oxygens (including phenoxy) is 1. The average molecular weight is 475 g/mol. The van der Waals surface area contributed by atoms with Crippen molar-refractivity contribution in [2.45, 2.75) is 4.90 Å². The maximum Gasteiger partial charge on any atom is 0.208 e. The van der Waals surface area contributed by atoms with Gasteiger partial charge in [0, 0.05) is 11.1 Å². The molecular formula is C31H22O3S. The fourth-order valence-electron chi connectivity index (χ4n) is 4.91. The van der Waals surface area contributed by atoms with E-state index in [1.165, 1.54) is 0 Å². The molecule has 1 aliphatic rings. The molecule has 0 spiro atoms. The van der Waals surface area contributed by atoms with Crippen molar-refractivity contribution < 1.29 is 13.2 Å². The SMILES string of the molecule is COc1ccc(/C=C2/c3c(c(-c4ccccc4)c4ccccc4c3-c3ccccc3)S2(=O)=O)cc1. The van der Waals surface area contributed by atoms with Gasteiger partial charge in [-0.3, -0.25) is 0 Å². The highest BCUT2D eigenvalue weighted by Gasteiger charge is 2.43. The van der Waals surface area contributed by atoms with Crippen LogP contribution in [0, 0.1) is 0 Å². The van der Waals surface area contributed by atoms with Crippen molar-refractivity contribution in [3.05, 3.63) is 120 Å². The van der Waals surface area contributed by atoms with Crippen LogP contribution in [0.25, 0.3) is 44.0 Å². The third-order valence-corrected chi connectivity index (χ3v) is 8.36. The Bertz CT molecular complexity index is 1700. The quantitative estimate of drug-likeness (QED) is 0.271. The Morgan fingerprint density at radius 3 is 1.69 bits per heavy atom. The molecule has 6 rings (SSSR count). The minimum Gasteiger partial charge on any atom is -0.497 e. The molecule has 0 N–H and O–H groups in total. The van der Waals surface area contributed by atoms with Gasteiger partial charge in [-0.2, -0.15) is 0 Å². The molecule has 170 valence electrons. The zero-order valence-electron chi connectivity index (χ0n) is 19.1. The van der Waals surface area contributed by atoms with Crippen LogP contribution in [0.5, 0.6) is 5.75 Å². The first-order valence-corrected chi connectivity index (χ1v) is 12.9. The van der Waals surface area contributed by atoms with E-state index in [9.17, 15) is 8.42 Å². The maximum atomic E-state index is 13.9. The summed E-state index contributed by atoms with van der Waals surface area (Å²) in [4.78, 5) is 0.750. The predicted octanol–water partition coefficient (Wildman–Crippen LogP) is 7.47. The highest BCUT2D eigenvalue weighted by atomic mass is 32.2. The normalized spacial score (nSPS) is 14.9. The molecule has 0 aromatic heterocycles. The number of benzene rings is 5. The molecule has 0 amide bonds. The fraction of sp³-hybridized carbons (Fsp3) is 0.0323. The fourth-order valence-corrected chi connectivity index (χ4v) is 6.72. The Hall–Kier alpha value is -4.15. The second kappa shape index (κ2) is 8.26. The standard InChI is InChI=1S/C31H22O3S/c1-34-24-18-16-21(17-19-24)20-27-30-28(22-10-4-2-5-11-22)25-14-8-9-15-26(25)29(31(30)35(27,32)33)23-12-6-3-7-13-23/h2-20H,1H3/b27-20-. The highest BCUT2D eigenvalue weighted by Crippen LogP contribution is 2.56. The summed E-state index contributed by atoms with van der Waals surface area (Å²) in [5, 5.41) is 1.97. The first-order chi connectivity index (χ1) is 17.1. The van der Waals surface area contributed by atoms with Crippen LogP contribution in [0.3, 0.4) is 0 Å². The molecule has 0 saturated carbocycles. The van der Waals surface area contributed by atoms with Gasteiger partial charge in [-0.1, -0.05) is 97.1 Å². The average Bonchev–Trinajstić information content (AvgIpc) is 2.92. The molecule has 35 heavy (non-hydrogen) atoms. The minimum atomic E-state index is -3.67. The first-order valence-electron chi connectivity index (χ1n) is 11.4. The number of rotatable bonds is 4. The molecule has 0 saturated heterocycles. The summed E-state index contributed by atoms with van der Waals surface area (Å²) in [5.41, 5.74) is 5.20. The van der Waals surface area contributed by atoms with E-state index in [-0.39, 0.29) is 0 Å². The Morgan fingerprint density at radius 1 is 0.600 bits per heavy atom. The molecule has 5 aromatic rings. The summed E-state index contributed by atoms with van der Waals surface area (Å²) in [6.07, 6.45) is 1.77. The number of fused-ring (bicyclic) bond motifs is 2. The summed E-state index contributed by atoms with van der Waals surface area (Å²) in [7, 11) is -2.05. The summed E-state index contributed by atoms with van der Waals surface area (Å²) in [6.45, 7) is 0. The monoisotopic (exact) mass is 474 g/mol. The molecule has 0 fully saturated rings. The van der Waals surface area contributed by atoms with Crippen LogP contribution >= 0.6 is 0 Å². The van der Waals surface area contributed by atoms with Gasteiger partial charge in [0.05, 0.1) is 16.9 Å². The van der Waals surface area contributed by atoms with E-state index in [1.807, 2.05) is 103 Å². The third-order valence-electron chi connectivity index (χ3n) is 6.51. The molecule has 0 unspecified atom stereocenters. The number of hydrogen-bond donors (Lipinski definition) is 0. The summed E-state index contributed by atoms with van der Waals surface area (Å²) < 4.78 is 33.1. The van der Waals surface area contributed by atoms with Gasteiger partial charge in [0.2, 0.25) is 9.84 Å². The molecule has 3 nitrogen and oxygen atoms in total. The van der Waals surface area contributed by atoms with Crippen molar-refractivity contribution in [2.24, 2.45) is 0 Å². The molecular weight excluding hydrogens is 452 g/mol. The molecule has 5 aromatic carbocycles. The van der Waals surface area contributed by atoms with Crippen molar-refractivity contribution in [3.63, 3.8) is 0 Å². The van der Waals surface area contributed by atoms with Crippen LogP contribution in [0.4, 0.5) is 0 Å². The van der Waals surface area contributed by atoms with Gasteiger partial charge in [-0.15, -0.1) is 0 Å². The van der Waals surface area contributed by atoms with Crippen LogP contribution in [-0.4, -0.2) is 15.5 Å². The van der Waals surface area contributed by atoms with Gasteiger partial charge < -0.3 is 4.74 Å². The molecule has 1 heterocycles.